The van der Waals surface area contributed by atoms with E-state index in [-0.39, 0.29) is 12.2 Å². The quantitative estimate of drug-likeness (QED) is 0.182. The van der Waals surface area contributed by atoms with E-state index in [1.807, 2.05) is 11.8 Å². The third kappa shape index (κ3) is 6.10. The minimum Gasteiger partial charge on any atom is -0.355 e. The van der Waals surface area contributed by atoms with E-state index in [0.29, 0.717) is 11.2 Å². The van der Waals surface area contributed by atoms with Gasteiger partial charge in [-0.05, 0) is 83.3 Å². The highest BCUT2D eigenvalue weighted by molar-refractivity contribution is 8.00. The molecule has 4 atom stereocenters. The molecule has 0 bridgehead atoms. The fourth-order valence-electron chi connectivity index (χ4n) is 9.34. The lowest BCUT2D eigenvalue weighted by atomic mass is 9.90. The molecule has 1 aliphatic carbocycles. The summed E-state index contributed by atoms with van der Waals surface area (Å²) in [5, 5.41) is 9.60. The molecule has 3 aliphatic rings. The summed E-state index contributed by atoms with van der Waals surface area (Å²) >= 11 is 2.00. The summed E-state index contributed by atoms with van der Waals surface area (Å²) in [6, 6.07) is 64.9. The smallest absolute Gasteiger partial charge is 0.106 e. The van der Waals surface area contributed by atoms with E-state index in [1.165, 1.54) is 87.8 Å². The van der Waals surface area contributed by atoms with Crippen LogP contribution in [0.3, 0.4) is 0 Å². The summed E-state index contributed by atoms with van der Waals surface area (Å²) in [5.74, 6) is 0.452. The van der Waals surface area contributed by atoms with Gasteiger partial charge in [0.05, 0.1) is 6.04 Å². The van der Waals surface area contributed by atoms with Crippen LogP contribution in [0.2, 0.25) is 0 Å². The van der Waals surface area contributed by atoms with Gasteiger partial charge in [0.1, 0.15) is 6.17 Å². The monoisotopic (exact) mass is 762 g/mol. The van der Waals surface area contributed by atoms with Crippen molar-refractivity contribution in [2.24, 2.45) is 0 Å². The Labute approximate surface area is 344 Å². The molecule has 0 aromatic heterocycles. The van der Waals surface area contributed by atoms with Crippen LogP contribution >= 0.6 is 11.8 Å². The normalized spacial score (nSPS) is 19.6. The van der Waals surface area contributed by atoms with Gasteiger partial charge in [0.15, 0.2) is 0 Å². The average Bonchev–Trinajstić information content (AvgIpc) is 3.68. The Morgan fingerprint density at radius 3 is 1.67 bits per heavy atom. The Hall–Kier alpha value is -6.39. The van der Waals surface area contributed by atoms with Crippen LogP contribution in [-0.2, 0) is 0 Å². The predicted octanol–water partition coefficient (Wildman–Crippen LogP) is 14.0. The Morgan fingerprint density at radius 2 is 1.00 bits per heavy atom. The van der Waals surface area contributed by atoms with Crippen molar-refractivity contribution >= 4 is 39.0 Å². The summed E-state index contributed by atoms with van der Waals surface area (Å²) in [4.78, 5) is 3.82. The van der Waals surface area contributed by atoms with Gasteiger partial charge in [-0.1, -0.05) is 200 Å². The lowest BCUT2D eigenvalue weighted by Gasteiger charge is -2.40. The SMILES string of the molecule is CN1C(c2ccc(-c3cccc4ccccc34)cc2)=CC(c2ccc(-c3cccc4ccccc34)cc2)NC1c1ccc(-c2cccc3c2SC2C=CC=CC32)cc1. The number of allylic oxidation sites excluding steroid dienone is 3. The maximum Gasteiger partial charge on any atom is 0.106 e. The number of fused-ring (bicyclic) bond motifs is 5. The molecule has 8 aromatic carbocycles. The van der Waals surface area contributed by atoms with Gasteiger partial charge in [-0.2, -0.15) is 0 Å². The number of thioether (sulfide) groups is 1. The molecule has 8 aromatic rings. The van der Waals surface area contributed by atoms with E-state index in [9.17, 15) is 0 Å². The molecule has 58 heavy (non-hydrogen) atoms. The molecule has 0 spiro atoms. The molecule has 278 valence electrons. The molecule has 3 heteroatoms. The second kappa shape index (κ2) is 14.5. The van der Waals surface area contributed by atoms with Crippen LogP contribution in [0.1, 0.15) is 40.4 Å². The van der Waals surface area contributed by atoms with Crippen molar-refractivity contribution in [3.63, 3.8) is 0 Å². The minimum atomic E-state index is -0.0384. The Balaban J connectivity index is 0.948. The fourth-order valence-corrected chi connectivity index (χ4v) is 10.8. The van der Waals surface area contributed by atoms with Gasteiger partial charge >= 0.3 is 0 Å². The maximum absolute atomic E-state index is 4.05. The Morgan fingerprint density at radius 1 is 0.483 bits per heavy atom. The highest BCUT2D eigenvalue weighted by atomic mass is 32.2. The van der Waals surface area contributed by atoms with Gasteiger partial charge < -0.3 is 4.90 Å². The van der Waals surface area contributed by atoms with E-state index in [0.717, 1.165) is 0 Å². The van der Waals surface area contributed by atoms with Gasteiger partial charge in [0.25, 0.3) is 0 Å². The van der Waals surface area contributed by atoms with Crippen LogP contribution in [0.5, 0.6) is 0 Å². The molecule has 0 radical (unpaired) electrons. The molecule has 2 aliphatic heterocycles. The van der Waals surface area contributed by atoms with E-state index >= 15 is 0 Å². The van der Waals surface area contributed by atoms with E-state index in [4.69, 9.17) is 0 Å². The minimum absolute atomic E-state index is 0.00781. The molecular weight excluding hydrogens is 721 g/mol. The van der Waals surface area contributed by atoms with Gasteiger partial charge in [0, 0.05) is 28.8 Å². The van der Waals surface area contributed by atoms with Gasteiger partial charge in [-0.3, -0.25) is 5.32 Å². The van der Waals surface area contributed by atoms with Crippen molar-refractivity contribution in [2.75, 3.05) is 7.05 Å². The first-order chi connectivity index (χ1) is 28.7. The molecule has 0 fully saturated rings. The number of nitrogens with zero attached hydrogens (tertiary/aromatic N) is 1. The van der Waals surface area contributed by atoms with Crippen molar-refractivity contribution in [1.29, 1.82) is 0 Å². The van der Waals surface area contributed by atoms with Gasteiger partial charge in [0.2, 0.25) is 0 Å². The predicted molar refractivity (Wildman–Crippen MR) is 246 cm³/mol. The van der Waals surface area contributed by atoms with Gasteiger partial charge in [-0.25, -0.2) is 0 Å². The van der Waals surface area contributed by atoms with Gasteiger partial charge in [-0.15, -0.1) is 11.8 Å². The van der Waals surface area contributed by atoms with Crippen molar-refractivity contribution < 1.29 is 0 Å². The Kier molecular flexibility index (Phi) is 8.72. The van der Waals surface area contributed by atoms with E-state index in [1.54, 1.807) is 0 Å². The van der Waals surface area contributed by atoms with Crippen molar-refractivity contribution in [1.82, 2.24) is 10.2 Å². The van der Waals surface area contributed by atoms with Crippen LogP contribution in [0.15, 0.2) is 211 Å². The molecule has 0 amide bonds. The summed E-state index contributed by atoms with van der Waals surface area (Å²) in [6.07, 6.45) is 11.5. The lowest BCUT2D eigenvalue weighted by Crippen LogP contribution is -2.40. The van der Waals surface area contributed by atoms with E-state index in [2.05, 4.69) is 224 Å². The first-order valence-electron chi connectivity index (χ1n) is 20.3. The number of benzene rings is 8. The zero-order valence-corrected chi connectivity index (χ0v) is 33.1. The second-order valence-electron chi connectivity index (χ2n) is 15.7. The van der Waals surface area contributed by atoms with Crippen molar-refractivity contribution in [3.8, 4) is 33.4 Å². The summed E-state index contributed by atoms with van der Waals surface area (Å²) in [6.45, 7) is 0. The molecule has 2 nitrogen and oxygen atoms in total. The Bertz CT molecular complexity index is 2910. The highest BCUT2D eigenvalue weighted by Crippen LogP contribution is 2.51. The lowest BCUT2D eigenvalue weighted by molar-refractivity contribution is 0.263. The molecule has 0 saturated heterocycles. The zero-order valence-electron chi connectivity index (χ0n) is 32.3. The first kappa shape index (κ1) is 34.8. The second-order valence-corrected chi connectivity index (χ2v) is 16.9. The van der Waals surface area contributed by atoms with Crippen molar-refractivity contribution in [2.45, 2.75) is 28.3 Å². The third-order valence-corrected chi connectivity index (χ3v) is 13.8. The number of hydrogen-bond acceptors (Lipinski definition) is 3. The number of hydrogen-bond donors (Lipinski definition) is 1. The topological polar surface area (TPSA) is 15.3 Å². The highest BCUT2D eigenvalue weighted by Gasteiger charge is 2.33. The van der Waals surface area contributed by atoms with Crippen LogP contribution in [0.4, 0.5) is 0 Å². The summed E-state index contributed by atoms with van der Waals surface area (Å²) in [7, 11) is 2.22. The third-order valence-electron chi connectivity index (χ3n) is 12.4. The molecule has 11 rings (SSSR count). The van der Waals surface area contributed by atoms with Crippen LogP contribution in [0, 0.1) is 0 Å². The molecular formula is C55H42N2S. The van der Waals surface area contributed by atoms with Crippen LogP contribution < -0.4 is 5.32 Å². The largest absolute Gasteiger partial charge is 0.355 e. The standard InChI is InChI=1S/C55H42N2S/c1-57-52(42-31-25-39(26-32-42)47-19-9-14-37-12-3-5-16-45(37)47)35-51(41-29-23-38(24-30-41)46-18-8-13-36-11-2-4-15-44(36)46)56-55(57)43-33-27-40(28-34-43)48-20-10-21-50-49-17-6-7-22-53(49)58-54(48)50/h2-35,49,51,53,55-56H,1H3. The number of rotatable bonds is 6. The molecule has 0 saturated carbocycles. The first-order valence-corrected chi connectivity index (χ1v) is 21.2. The molecule has 4 unspecified atom stereocenters. The van der Waals surface area contributed by atoms with E-state index < -0.39 is 0 Å². The van der Waals surface area contributed by atoms with Crippen LogP contribution in [-0.4, -0.2) is 17.2 Å². The molecule has 1 N–H and O–H groups in total. The molecule has 2 heterocycles. The maximum atomic E-state index is 4.05. The summed E-state index contributed by atoms with van der Waals surface area (Å²) < 4.78 is 0. The zero-order chi connectivity index (χ0) is 38.6. The summed E-state index contributed by atoms with van der Waals surface area (Å²) in [5.41, 5.74) is 13.9. The number of nitrogens with one attached hydrogen (secondary N) is 1. The fraction of sp³-hybridized carbons (Fsp3) is 0.0909. The van der Waals surface area contributed by atoms with Crippen LogP contribution in [0.25, 0.3) is 60.6 Å². The average molecular weight is 763 g/mol. The van der Waals surface area contributed by atoms with Crippen molar-refractivity contribution in [3.05, 3.63) is 229 Å².